The van der Waals surface area contributed by atoms with Crippen molar-refractivity contribution in [3.05, 3.63) is 65.2 Å². The number of pyridine rings is 1. The molecule has 0 spiro atoms. The summed E-state index contributed by atoms with van der Waals surface area (Å²) in [4.78, 5) is 23.4. The number of nitrogens with one attached hydrogen (secondary N) is 1. The molecule has 2 aromatic heterocycles. The number of benzene rings is 1. The van der Waals surface area contributed by atoms with Crippen molar-refractivity contribution < 1.29 is 4.79 Å². The number of amides is 1. The van der Waals surface area contributed by atoms with E-state index in [4.69, 9.17) is 11.6 Å². The maximum Gasteiger partial charge on any atom is 0.227 e. The predicted molar refractivity (Wildman–Crippen MR) is 103 cm³/mol. The first kappa shape index (κ1) is 17.7. The third kappa shape index (κ3) is 4.01. The Morgan fingerprint density at radius 3 is 2.96 bits per heavy atom. The van der Waals surface area contributed by atoms with Gasteiger partial charge in [0.25, 0.3) is 0 Å². The Balaban J connectivity index is 1.45. The fourth-order valence-corrected chi connectivity index (χ4v) is 3.63. The number of halogens is 1. The highest BCUT2D eigenvalue weighted by Gasteiger charge is 2.27. The summed E-state index contributed by atoms with van der Waals surface area (Å²) in [5.74, 6) is 1.72. The van der Waals surface area contributed by atoms with Gasteiger partial charge in [0.1, 0.15) is 5.82 Å². The van der Waals surface area contributed by atoms with Crippen molar-refractivity contribution in [3.63, 3.8) is 0 Å². The first-order valence-corrected chi connectivity index (χ1v) is 9.42. The Hall–Kier alpha value is -2.73. The lowest BCUT2D eigenvalue weighted by molar-refractivity contribution is -0.131. The van der Waals surface area contributed by atoms with Crippen LogP contribution in [0.1, 0.15) is 30.1 Å². The van der Waals surface area contributed by atoms with E-state index in [0.717, 1.165) is 36.3 Å². The molecule has 1 saturated heterocycles. The lowest BCUT2D eigenvalue weighted by atomic mass is 9.96. The molecule has 1 unspecified atom stereocenters. The van der Waals surface area contributed by atoms with Gasteiger partial charge in [-0.3, -0.25) is 14.9 Å². The van der Waals surface area contributed by atoms with Gasteiger partial charge >= 0.3 is 0 Å². The lowest BCUT2D eigenvalue weighted by Gasteiger charge is -2.31. The van der Waals surface area contributed by atoms with Gasteiger partial charge in [0, 0.05) is 42.0 Å². The van der Waals surface area contributed by atoms with Gasteiger partial charge in [-0.15, -0.1) is 0 Å². The minimum atomic E-state index is 0.0970. The van der Waals surface area contributed by atoms with Crippen molar-refractivity contribution in [1.29, 1.82) is 0 Å². The number of aromatic amines is 1. The molecular weight excluding hydrogens is 362 g/mol. The number of likely N-dealkylation sites (tertiary alicyclic amines) is 1. The number of H-pyrrole nitrogens is 1. The monoisotopic (exact) mass is 381 g/mol. The Morgan fingerprint density at radius 1 is 1.26 bits per heavy atom. The average molecular weight is 382 g/mol. The Labute approximate surface area is 162 Å². The summed E-state index contributed by atoms with van der Waals surface area (Å²) in [5.41, 5.74) is 1.74. The molecule has 1 atom stereocenters. The number of hydrogen-bond donors (Lipinski definition) is 1. The molecule has 1 aromatic carbocycles. The van der Waals surface area contributed by atoms with E-state index < -0.39 is 0 Å². The van der Waals surface area contributed by atoms with Crippen LogP contribution in [0.5, 0.6) is 0 Å². The molecule has 1 aliphatic heterocycles. The Morgan fingerprint density at radius 2 is 2.15 bits per heavy atom. The minimum Gasteiger partial charge on any atom is -0.342 e. The van der Waals surface area contributed by atoms with Crippen LogP contribution in [0.15, 0.2) is 48.8 Å². The van der Waals surface area contributed by atoms with Gasteiger partial charge in [-0.05, 0) is 36.6 Å². The first-order valence-electron chi connectivity index (χ1n) is 9.04. The fourth-order valence-electron chi connectivity index (χ4n) is 3.42. The summed E-state index contributed by atoms with van der Waals surface area (Å²) in [6, 6.07) is 11.3. The molecule has 3 heterocycles. The largest absolute Gasteiger partial charge is 0.342 e. The van der Waals surface area contributed by atoms with E-state index in [-0.39, 0.29) is 11.8 Å². The molecule has 0 radical (unpaired) electrons. The molecule has 7 heteroatoms. The van der Waals surface area contributed by atoms with Gasteiger partial charge in [-0.25, -0.2) is 4.98 Å². The van der Waals surface area contributed by atoms with Gasteiger partial charge in [0.05, 0.1) is 6.42 Å². The predicted octanol–water partition coefficient (Wildman–Crippen LogP) is 3.47. The molecule has 138 valence electrons. The average Bonchev–Trinajstić information content (AvgIpc) is 3.21. The quantitative estimate of drug-likeness (QED) is 0.750. The molecule has 4 rings (SSSR count). The summed E-state index contributed by atoms with van der Waals surface area (Å²) in [5, 5.41) is 7.99. The Kier molecular flexibility index (Phi) is 5.16. The van der Waals surface area contributed by atoms with Crippen molar-refractivity contribution in [2.75, 3.05) is 13.1 Å². The van der Waals surface area contributed by atoms with Gasteiger partial charge in [0.15, 0.2) is 5.82 Å². The van der Waals surface area contributed by atoms with E-state index in [1.165, 1.54) is 0 Å². The number of aromatic nitrogens is 4. The lowest BCUT2D eigenvalue weighted by Crippen LogP contribution is -2.40. The van der Waals surface area contributed by atoms with Crippen LogP contribution in [0, 0.1) is 0 Å². The van der Waals surface area contributed by atoms with Crippen LogP contribution in [-0.4, -0.2) is 44.1 Å². The van der Waals surface area contributed by atoms with E-state index in [1.807, 2.05) is 41.3 Å². The molecule has 0 bridgehead atoms. The molecule has 1 amide bonds. The summed E-state index contributed by atoms with van der Waals surface area (Å²) in [6.07, 6.45) is 5.72. The second kappa shape index (κ2) is 7.88. The van der Waals surface area contributed by atoms with E-state index in [9.17, 15) is 4.79 Å². The number of carbonyl (C=O) groups is 1. The normalized spacial score (nSPS) is 17.1. The summed E-state index contributed by atoms with van der Waals surface area (Å²) < 4.78 is 0. The van der Waals surface area contributed by atoms with Gasteiger partial charge in [-0.2, -0.15) is 5.10 Å². The van der Waals surface area contributed by atoms with Gasteiger partial charge < -0.3 is 4.90 Å². The van der Waals surface area contributed by atoms with Crippen LogP contribution < -0.4 is 0 Å². The fraction of sp³-hybridized carbons (Fsp3) is 0.300. The van der Waals surface area contributed by atoms with Crippen molar-refractivity contribution in [1.82, 2.24) is 25.1 Å². The van der Waals surface area contributed by atoms with Gasteiger partial charge in [-0.1, -0.05) is 29.8 Å². The summed E-state index contributed by atoms with van der Waals surface area (Å²) in [6.45, 7) is 1.41. The van der Waals surface area contributed by atoms with Crippen LogP contribution in [0.3, 0.4) is 0 Å². The molecule has 1 aliphatic rings. The highest BCUT2D eigenvalue weighted by molar-refractivity contribution is 6.31. The van der Waals surface area contributed by atoms with Crippen molar-refractivity contribution in [3.8, 4) is 11.4 Å². The van der Waals surface area contributed by atoms with Crippen LogP contribution in [-0.2, 0) is 11.2 Å². The topological polar surface area (TPSA) is 74.8 Å². The van der Waals surface area contributed by atoms with Crippen molar-refractivity contribution >= 4 is 17.5 Å². The molecular formula is C20H20ClN5O. The van der Waals surface area contributed by atoms with Crippen molar-refractivity contribution in [2.45, 2.75) is 25.2 Å². The summed E-state index contributed by atoms with van der Waals surface area (Å²) >= 11 is 6.19. The zero-order chi connectivity index (χ0) is 18.6. The van der Waals surface area contributed by atoms with E-state index in [2.05, 4.69) is 20.2 Å². The first-order chi connectivity index (χ1) is 13.2. The molecule has 0 saturated carbocycles. The van der Waals surface area contributed by atoms with Crippen LogP contribution in [0.25, 0.3) is 11.4 Å². The molecule has 3 aromatic rings. The zero-order valence-electron chi connectivity index (χ0n) is 14.8. The number of rotatable bonds is 4. The highest BCUT2D eigenvalue weighted by Crippen LogP contribution is 2.27. The molecule has 0 aliphatic carbocycles. The second-order valence-corrected chi connectivity index (χ2v) is 7.14. The number of piperidine rings is 1. The molecule has 6 nitrogen and oxygen atoms in total. The molecule has 27 heavy (non-hydrogen) atoms. The smallest absolute Gasteiger partial charge is 0.227 e. The van der Waals surface area contributed by atoms with Crippen LogP contribution in [0.2, 0.25) is 5.02 Å². The highest BCUT2D eigenvalue weighted by atomic mass is 35.5. The third-order valence-electron chi connectivity index (χ3n) is 4.88. The van der Waals surface area contributed by atoms with Crippen LogP contribution >= 0.6 is 11.6 Å². The van der Waals surface area contributed by atoms with Crippen molar-refractivity contribution in [2.24, 2.45) is 0 Å². The van der Waals surface area contributed by atoms with Crippen LogP contribution in [0.4, 0.5) is 0 Å². The van der Waals surface area contributed by atoms with E-state index >= 15 is 0 Å². The maximum absolute atomic E-state index is 12.7. The zero-order valence-corrected chi connectivity index (χ0v) is 15.6. The Bertz CT molecular complexity index is 927. The SMILES string of the molecule is O=C(Cc1ccccc1Cl)N1CCCC(c2nc(-c3cccnc3)n[nH]2)C1. The number of hydrogen-bond acceptors (Lipinski definition) is 4. The van der Waals surface area contributed by atoms with E-state index in [0.29, 0.717) is 23.8 Å². The maximum atomic E-state index is 12.7. The second-order valence-electron chi connectivity index (χ2n) is 6.73. The summed E-state index contributed by atoms with van der Waals surface area (Å²) in [7, 11) is 0. The molecule has 1 N–H and O–H groups in total. The number of carbonyl (C=O) groups excluding carboxylic acids is 1. The number of nitrogens with zero attached hydrogens (tertiary/aromatic N) is 4. The standard InChI is InChI=1S/C20H20ClN5O/c21-17-8-2-1-5-14(17)11-18(27)26-10-4-7-16(13-26)20-23-19(24-25-20)15-6-3-9-22-12-15/h1-3,5-6,8-9,12,16H,4,7,10-11,13H2,(H,23,24,25). The van der Waals surface area contributed by atoms with Gasteiger partial charge in [0.2, 0.25) is 5.91 Å². The third-order valence-corrected chi connectivity index (χ3v) is 5.25. The molecule has 1 fully saturated rings. The minimum absolute atomic E-state index is 0.0970. The van der Waals surface area contributed by atoms with E-state index in [1.54, 1.807) is 12.4 Å².